The number of halogens is 2. The van der Waals surface area contributed by atoms with E-state index < -0.39 is 23.3 Å². The van der Waals surface area contributed by atoms with Crippen LogP contribution in [0.15, 0.2) is 36.4 Å². The second-order valence-electron chi connectivity index (χ2n) is 6.00. The summed E-state index contributed by atoms with van der Waals surface area (Å²) in [5, 5.41) is 0. The Labute approximate surface area is 149 Å². The minimum atomic E-state index is -3.77. The van der Waals surface area contributed by atoms with Crippen LogP contribution >= 0.6 is 0 Å². The number of nitrogens with zero attached hydrogens (tertiary/aromatic N) is 1. The molecule has 1 aliphatic rings. The number of fused-ring (bicyclic) bond motifs is 1. The number of amides is 2. The summed E-state index contributed by atoms with van der Waals surface area (Å²) in [4.78, 5) is 25.6. The predicted octanol–water partition coefficient (Wildman–Crippen LogP) is 3.29. The smallest absolute Gasteiger partial charge is 0.351 e. The van der Waals surface area contributed by atoms with Crippen molar-refractivity contribution >= 4 is 11.8 Å². The summed E-state index contributed by atoms with van der Waals surface area (Å²) in [6, 6.07) is 8.80. The van der Waals surface area contributed by atoms with Crippen molar-refractivity contribution in [2.75, 3.05) is 14.2 Å². The lowest BCUT2D eigenvalue weighted by Crippen LogP contribution is -2.50. The highest BCUT2D eigenvalue weighted by Crippen LogP contribution is 2.39. The van der Waals surface area contributed by atoms with Gasteiger partial charge < -0.3 is 9.47 Å². The van der Waals surface area contributed by atoms with E-state index in [0.717, 1.165) is 0 Å². The highest BCUT2D eigenvalue weighted by atomic mass is 19.3. The average Bonchev–Trinajstić information content (AvgIpc) is 2.63. The molecule has 0 fully saturated rings. The molecule has 2 amide bonds. The van der Waals surface area contributed by atoms with Crippen molar-refractivity contribution in [2.24, 2.45) is 0 Å². The molecule has 0 spiro atoms. The first-order valence-electron chi connectivity index (χ1n) is 7.85. The van der Waals surface area contributed by atoms with Crippen molar-refractivity contribution in [3.8, 4) is 11.5 Å². The molecule has 2 aromatic carbocycles. The van der Waals surface area contributed by atoms with Crippen molar-refractivity contribution in [3.05, 3.63) is 58.7 Å². The van der Waals surface area contributed by atoms with E-state index >= 15 is 0 Å². The summed E-state index contributed by atoms with van der Waals surface area (Å²) in [6.07, 6.45) is 0. The van der Waals surface area contributed by atoms with Gasteiger partial charge in [0.05, 0.1) is 20.8 Å². The van der Waals surface area contributed by atoms with Crippen LogP contribution in [0.3, 0.4) is 0 Å². The lowest BCUT2D eigenvalue weighted by Gasteiger charge is -2.32. The standard InChI is InChI=1S/C19H17F2NO4/c1-11-4-7-14-15(8-11)19(20,21)18(24)22(17(14)23)10-12-5-6-13(25-2)9-16(12)26-3/h4-9H,10H2,1-3H3. The van der Waals surface area contributed by atoms with Crippen LogP contribution in [0.4, 0.5) is 8.78 Å². The van der Waals surface area contributed by atoms with Crippen molar-refractivity contribution in [3.63, 3.8) is 0 Å². The van der Waals surface area contributed by atoms with E-state index in [1.54, 1.807) is 31.2 Å². The maximum Gasteiger partial charge on any atom is 0.351 e. The molecular formula is C19H17F2NO4. The lowest BCUT2D eigenvalue weighted by atomic mass is 9.93. The Hall–Kier alpha value is -2.96. The van der Waals surface area contributed by atoms with Crippen LogP contribution in [-0.4, -0.2) is 30.9 Å². The molecule has 0 atom stereocenters. The highest BCUT2D eigenvalue weighted by molar-refractivity contribution is 6.12. The second-order valence-corrected chi connectivity index (χ2v) is 6.00. The van der Waals surface area contributed by atoms with Gasteiger partial charge >= 0.3 is 11.8 Å². The number of imide groups is 1. The molecule has 136 valence electrons. The molecule has 0 aromatic heterocycles. The van der Waals surface area contributed by atoms with Crippen LogP contribution in [0.1, 0.15) is 27.0 Å². The van der Waals surface area contributed by atoms with Gasteiger partial charge in [-0.15, -0.1) is 0 Å². The van der Waals surface area contributed by atoms with Crippen LogP contribution in [0.5, 0.6) is 11.5 Å². The topological polar surface area (TPSA) is 55.8 Å². The molecule has 3 rings (SSSR count). The number of carbonyl (C=O) groups excluding carboxylic acids is 2. The largest absolute Gasteiger partial charge is 0.497 e. The number of benzene rings is 2. The Kier molecular flexibility index (Phi) is 4.39. The molecule has 7 heteroatoms. The second kappa shape index (κ2) is 6.40. The summed E-state index contributed by atoms with van der Waals surface area (Å²) >= 11 is 0. The highest BCUT2D eigenvalue weighted by Gasteiger charge is 2.52. The first-order chi connectivity index (χ1) is 12.3. The van der Waals surface area contributed by atoms with E-state index in [-0.39, 0.29) is 12.1 Å². The average molecular weight is 361 g/mol. The van der Waals surface area contributed by atoms with Crippen molar-refractivity contribution < 1.29 is 27.8 Å². The number of hydrogen-bond donors (Lipinski definition) is 0. The fourth-order valence-corrected chi connectivity index (χ4v) is 2.92. The molecule has 2 aromatic rings. The van der Waals surface area contributed by atoms with E-state index in [1.165, 1.54) is 26.4 Å². The molecule has 26 heavy (non-hydrogen) atoms. The monoisotopic (exact) mass is 361 g/mol. The molecule has 0 radical (unpaired) electrons. The Bertz CT molecular complexity index is 895. The van der Waals surface area contributed by atoms with Gasteiger partial charge in [-0.05, 0) is 31.2 Å². The van der Waals surface area contributed by atoms with Gasteiger partial charge in [-0.25, -0.2) is 0 Å². The van der Waals surface area contributed by atoms with E-state index in [2.05, 4.69) is 0 Å². The van der Waals surface area contributed by atoms with E-state index in [9.17, 15) is 18.4 Å². The predicted molar refractivity (Wildman–Crippen MR) is 89.5 cm³/mol. The Morgan fingerprint density at radius 1 is 1.04 bits per heavy atom. The van der Waals surface area contributed by atoms with Crippen LogP contribution in [-0.2, 0) is 17.3 Å². The van der Waals surface area contributed by atoms with E-state index in [1.807, 2.05) is 0 Å². The van der Waals surface area contributed by atoms with Gasteiger partial charge in [-0.3, -0.25) is 14.5 Å². The van der Waals surface area contributed by atoms with Crippen LogP contribution in [0.2, 0.25) is 0 Å². The summed E-state index contributed by atoms with van der Waals surface area (Å²) in [6.45, 7) is 1.30. The summed E-state index contributed by atoms with van der Waals surface area (Å²) in [7, 11) is 2.89. The fraction of sp³-hybridized carbons (Fsp3) is 0.263. The first-order valence-corrected chi connectivity index (χ1v) is 7.85. The number of hydrogen-bond acceptors (Lipinski definition) is 4. The molecule has 0 saturated carbocycles. The number of ether oxygens (including phenoxy) is 2. The Morgan fingerprint density at radius 3 is 2.42 bits per heavy atom. The van der Waals surface area contributed by atoms with Gasteiger partial charge in [0.2, 0.25) is 0 Å². The fourth-order valence-electron chi connectivity index (χ4n) is 2.92. The molecule has 1 heterocycles. The van der Waals surface area contributed by atoms with Gasteiger partial charge in [-0.1, -0.05) is 11.6 Å². The number of rotatable bonds is 4. The zero-order chi connectivity index (χ0) is 19.1. The molecule has 0 unspecified atom stereocenters. The summed E-state index contributed by atoms with van der Waals surface area (Å²) < 4.78 is 39.5. The van der Waals surface area contributed by atoms with Crippen LogP contribution in [0, 0.1) is 6.92 Å². The van der Waals surface area contributed by atoms with Gasteiger partial charge in [0, 0.05) is 22.8 Å². The molecule has 0 N–H and O–H groups in total. The molecule has 0 bridgehead atoms. The summed E-state index contributed by atoms with van der Waals surface area (Å²) in [5.74, 6) is -5.22. The lowest BCUT2D eigenvalue weighted by molar-refractivity contribution is -0.158. The minimum Gasteiger partial charge on any atom is -0.497 e. The van der Waals surface area contributed by atoms with Gasteiger partial charge in [0.1, 0.15) is 11.5 Å². The number of methoxy groups -OCH3 is 2. The van der Waals surface area contributed by atoms with Crippen molar-refractivity contribution in [2.45, 2.75) is 19.4 Å². The van der Waals surface area contributed by atoms with Gasteiger partial charge in [0.15, 0.2) is 0 Å². The zero-order valence-corrected chi connectivity index (χ0v) is 14.5. The van der Waals surface area contributed by atoms with Crippen molar-refractivity contribution in [1.29, 1.82) is 0 Å². The maximum atomic E-state index is 14.6. The molecule has 5 nitrogen and oxygen atoms in total. The van der Waals surface area contributed by atoms with Gasteiger partial charge in [0.25, 0.3) is 5.91 Å². The molecule has 1 aliphatic heterocycles. The SMILES string of the molecule is COc1ccc(CN2C(=O)c3ccc(C)cc3C(F)(F)C2=O)c(OC)c1. The maximum absolute atomic E-state index is 14.6. The molecular weight excluding hydrogens is 344 g/mol. The third kappa shape index (κ3) is 2.79. The minimum absolute atomic E-state index is 0.173. The van der Waals surface area contributed by atoms with E-state index in [4.69, 9.17) is 9.47 Å². The molecule has 0 saturated heterocycles. The Morgan fingerprint density at radius 2 is 1.77 bits per heavy atom. The summed E-state index contributed by atoms with van der Waals surface area (Å²) in [5.41, 5.74) is 0.244. The van der Waals surface area contributed by atoms with Gasteiger partial charge in [-0.2, -0.15) is 8.78 Å². The Balaban J connectivity index is 2.03. The number of carbonyl (C=O) groups is 2. The number of alkyl halides is 2. The third-order valence-electron chi connectivity index (χ3n) is 4.33. The zero-order valence-electron chi connectivity index (χ0n) is 14.5. The van der Waals surface area contributed by atoms with Crippen LogP contribution < -0.4 is 9.47 Å². The quantitative estimate of drug-likeness (QED) is 0.785. The normalized spacial score (nSPS) is 15.7. The first kappa shape index (κ1) is 17.8. The molecule has 0 aliphatic carbocycles. The third-order valence-corrected chi connectivity index (χ3v) is 4.33. The van der Waals surface area contributed by atoms with Crippen molar-refractivity contribution in [1.82, 2.24) is 4.90 Å². The van der Waals surface area contributed by atoms with E-state index in [0.29, 0.717) is 27.5 Å². The van der Waals surface area contributed by atoms with Crippen LogP contribution in [0.25, 0.3) is 0 Å². The number of aryl methyl sites for hydroxylation is 1.